The number of nitrogens with one attached hydrogen (secondary N) is 2. The highest BCUT2D eigenvalue weighted by atomic mass is 32.1. The van der Waals surface area contributed by atoms with Gasteiger partial charge in [-0.2, -0.15) is 0 Å². The van der Waals surface area contributed by atoms with Gasteiger partial charge in [-0.25, -0.2) is 4.98 Å². The van der Waals surface area contributed by atoms with Crippen LogP contribution in [0, 0.1) is 13.8 Å². The van der Waals surface area contributed by atoms with E-state index >= 15 is 0 Å². The Morgan fingerprint density at radius 2 is 1.89 bits per heavy atom. The summed E-state index contributed by atoms with van der Waals surface area (Å²) >= 11 is 1.35. The van der Waals surface area contributed by atoms with Crippen molar-refractivity contribution in [1.82, 2.24) is 15.2 Å². The number of amides is 2. The molecule has 0 aliphatic carbocycles. The minimum absolute atomic E-state index is 0.0411. The molecule has 2 amide bonds. The molecular formula is C27H32N4O5S. The van der Waals surface area contributed by atoms with Crippen LogP contribution in [0.4, 0.5) is 5.13 Å². The molecule has 1 aromatic carbocycles. The van der Waals surface area contributed by atoms with Gasteiger partial charge in [-0.15, -0.1) is 11.3 Å². The van der Waals surface area contributed by atoms with E-state index in [1.807, 2.05) is 30.5 Å². The molecule has 0 unspecified atom stereocenters. The number of anilines is 1. The molecular weight excluding hydrogens is 492 g/mol. The van der Waals surface area contributed by atoms with Gasteiger partial charge in [-0.05, 0) is 45.3 Å². The van der Waals surface area contributed by atoms with Crippen LogP contribution in [0.2, 0.25) is 0 Å². The zero-order valence-electron chi connectivity index (χ0n) is 21.1. The van der Waals surface area contributed by atoms with Crippen LogP contribution in [0.1, 0.15) is 48.5 Å². The van der Waals surface area contributed by atoms with Gasteiger partial charge in [0.15, 0.2) is 10.9 Å². The zero-order valence-corrected chi connectivity index (χ0v) is 21.9. The molecule has 0 radical (unpaired) electrons. The van der Waals surface area contributed by atoms with Crippen molar-refractivity contribution in [1.29, 1.82) is 0 Å². The van der Waals surface area contributed by atoms with Crippen LogP contribution in [0.15, 0.2) is 51.0 Å². The van der Waals surface area contributed by atoms with Crippen molar-refractivity contribution >= 4 is 28.3 Å². The topological polar surface area (TPSA) is 125 Å². The summed E-state index contributed by atoms with van der Waals surface area (Å²) < 4.78 is 5.88. The molecule has 2 aromatic heterocycles. The number of carbonyl (C=O) groups is 2. The summed E-state index contributed by atoms with van der Waals surface area (Å²) in [6, 6.07) is 11.4. The summed E-state index contributed by atoms with van der Waals surface area (Å²) in [5, 5.41) is 18.5. The zero-order chi connectivity index (χ0) is 26.4. The van der Waals surface area contributed by atoms with Crippen LogP contribution in [0.25, 0.3) is 0 Å². The number of rotatable bonds is 9. The molecule has 196 valence electrons. The van der Waals surface area contributed by atoms with Gasteiger partial charge in [0.2, 0.25) is 23.0 Å². The Morgan fingerprint density at radius 3 is 2.57 bits per heavy atom. The lowest BCUT2D eigenvalue weighted by atomic mass is 9.72. The van der Waals surface area contributed by atoms with E-state index in [0.717, 1.165) is 12.2 Å². The fourth-order valence-corrected chi connectivity index (χ4v) is 5.41. The molecule has 1 aliphatic heterocycles. The van der Waals surface area contributed by atoms with Gasteiger partial charge >= 0.3 is 0 Å². The van der Waals surface area contributed by atoms with E-state index < -0.39 is 16.6 Å². The summed E-state index contributed by atoms with van der Waals surface area (Å²) in [5.41, 5.74) is 0.690. The minimum atomic E-state index is -0.826. The smallest absolute Gasteiger partial charge is 0.227 e. The maximum atomic E-state index is 13.0. The molecule has 3 N–H and O–H groups in total. The summed E-state index contributed by atoms with van der Waals surface area (Å²) in [6.07, 6.45) is 1.22. The van der Waals surface area contributed by atoms with E-state index in [-0.39, 0.29) is 37.0 Å². The van der Waals surface area contributed by atoms with Crippen LogP contribution in [0.5, 0.6) is 5.75 Å². The van der Waals surface area contributed by atoms with Gasteiger partial charge < -0.3 is 20.2 Å². The first kappa shape index (κ1) is 26.6. The van der Waals surface area contributed by atoms with Gasteiger partial charge in [-0.3, -0.25) is 19.3 Å². The second-order valence-corrected chi connectivity index (χ2v) is 10.4. The predicted octanol–water partition coefficient (Wildman–Crippen LogP) is 3.49. The van der Waals surface area contributed by atoms with Crippen LogP contribution < -0.4 is 16.1 Å². The number of thiazole rings is 1. The van der Waals surface area contributed by atoms with Crippen LogP contribution in [-0.2, 0) is 21.5 Å². The number of nitrogens with zero attached hydrogens (tertiary/aromatic N) is 2. The van der Waals surface area contributed by atoms with Gasteiger partial charge in [0.05, 0.1) is 5.69 Å². The standard InChI is InChI=1S/C27H32N4O5S/c1-18-17-37-26(29-18)30-22(33)8-11-28-23(34)15-27(25-24(35)21(32)14-19(2)36-25)9-12-31(13-10-27)16-20-6-4-3-5-7-20/h3-7,14,17,35H,8-13,15-16H2,1-2H3,(H,28,34)(H,29,30,33). The normalized spacial score (nSPS) is 15.3. The number of benzene rings is 1. The molecule has 10 heteroatoms. The van der Waals surface area contributed by atoms with E-state index in [2.05, 4.69) is 32.7 Å². The lowest BCUT2D eigenvalue weighted by Gasteiger charge is -2.41. The molecule has 1 aliphatic rings. The maximum absolute atomic E-state index is 13.0. The van der Waals surface area contributed by atoms with Gasteiger partial charge in [-0.1, -0.05) is 30.3 Å². The van der Waals surface area contributed by atoms with E-state index in [4.69, 9.17) is 4.42 Å². The molecule has 0 bridgehead atoms. The Hall–Kier alpha value is -3.50. The second-order valence-electron chi connectivity index (χ2n) is 9.56. The van der Waals surface area contributed by atoms with Crippen LogP contribution in [0.3, 0.4) is 0 Å². The van der Waals surface area contributed by atoms with Crippen molar-refractivity contribution < 1.29 is 19.1 Å². The van der Waals surface area contributed by atoms with Crippen LogP contribution >= 0.6 is 11.3 Å². The first-order valence-corrected chi connectivity index (χ1v) is 13.2. The molecule has 0 spiro atoms. The largest absolute Gasteiger partial charge is 0.502 e. The maximum Gasteiger partial charge on any atom is 0.227 e. The summed E-state index contributed by atoms with van der Waals surface area (Å²) in [5.74, 6) is -0.380. The molecule has 1 fully saturated rings. The van der Waals surface area contributed by atoms with Gasteiger partial charge in [0.25, 0.3) is 0 Å². The second kappa shape index (κ2) is 11.7. The summed E-state index contributed by atoms with van der Waals surface area (Å²) in [7, 11) is 0. The van der Waals surface area contributed by atoms with E-state index in [1.165, 1.54) is 23.0 Å². The Kier molecular flexibility index (Phi) is 8.40. The summed E-state index contributed by atoms with van der Waals surface area (Å²) in [6.45, 7) is 5.80. The number of aryl methyl sites for hydroxylation is 2. The van der Waals surface area contributed by atoms with Crippen molar-refractivity contribution in [3.8, 4) is 5.75 Å². The third kappa shape index (κ3) is 6.84. The van der Waals surface area contributed by atoms with Gasteiger partial charge in [0.1, 0.15) is 5.76 Å². The highest BCUT2D eigenvalue weighted by Gasteiger charge is 2.43. The van der Waals surface area contributed by atoms with Crippen molar-refractivity contribution in [2.75, 3.05) is 25.0 Å². The first-order chi connectivity index (χ1) is 17.7. The molecule has 0 saturated carbocycles. The molecule has 9 nitrogen and oxygen atoms in total. The van der Waals surface area contributed by atoms with Crippen molar-refractivity contribution in [2.24, 2.45) is 0 Å². The van der Waals surface area contributed by atoms with E-state index in [9.17, 15) is 19.5 Å². The highest BCUT2D eigenvalue weighted by Crippen LogP contribution is 2.42. The third-order valence-electron chi connectivity index (χ3n) is 6.63. The Balaban J connectivity index is 1.42. The number of aromatic nitrogens is 1. The number of hydrogen-bond acceptors (Lipinski definition) is 8. The molecule has 4 rings (SSSR count). The lowest BCUT2D eigenvalue weighted by Crippen LogP contribution is -2.45. The average Bonchev–Trinajstić information content (AvgIpc) is 3.27. The molecule has 3 heterocycles. The Labute approximate surface area is 219 Å². The molecule has 3 aromatic rings. The van der Waals surface area contributed by atoms with Crippen molar-refractivity contribution in [3.05, 3.63) is 74.8 Å². The van der Waals surface area contributed by atoms with E-state index in [1.54, 1.807) is 6.92 Å². The predicted molar refractivity (Wildman–Crippen MR) is 142 cm³/mol. The van der Waals surface area contributed by atoms with Crippen molar-refractivity contribution in [3.63, 3.8) is 0 Å². The fourth-order valence-electron chi connectivity index (χ4n) is 4.71. The Bertz CT molecular complexity index is 1300. The lowest BCUT2D eigenvalue weighted by molar-refractivity contribution is -0.123. The van der Waals surface area contributed by atoms with E-state index in [0.29, 0.717) is 36.8 Å². The number of likely N-dealkylation sites (tertiary alicyclic amines) is 1. The highest BCUT2D eigenvalue weighted by molar-refractivity contribution is 7.13. The quantitative estimate of drug-likeness (QED) is 0.391. The number of carbonyl (C=O) groups excluding carboxylic acids is 2. The number of aromatic hydroxyl groups is 1. The van der Waals surface area contributed by atoms with Crippen molar-refractivity contribution in [2.45, 2.75) is 51.5 Å². The SMILES string of the molecule is Cc1csc(NC(=O)CCNC(=O)CC2(c3oc(C)cc(=O)c3O)CCN(Cc3ccccc3)CC2)n1. The number of hydrogen-bond donors (Lipinski definition) is 3. The molecule has 1 saturated heterocycles. The minimum Gasteiger partial charge on any atom is -0.502 e. The van der Waals surface area contributed by atoms with Crippen LogP contribution in [-0.4, -0.2) is 46.4 Å². The average molecular weight is 525 g/mol. The monoisotopic (exact) mass is 524 g/mol. The summed E-state index contributed by atoms with van der Waals surface area (Å²) in [4.78, 5) is 44.1. The number of piperidine rings is 1. The third-order valence-corrected chi connectivity index (χ3v) is 7.50. The fraction of sp³-hybridized carbons (Fsp3) is 0.407. The van der Waals surface area contributed by atoms with Gasteiger partial charge in [0, 0.05) is 42.8 Å². The molecule has 37 heavy (non-hydrogen) atoms. The Morgan fingerprint density at radius 1 is 1.16 bits per heavy atom. The molecule has 0 atom stereocenters. The first-order valence-electron chi connectivity index (χ1n) is 12.3.